The molecule has 0 saturated carbocycles. The van der Waals surface area contributed by atoms with Crippen LogP contribution in [0.4, 0.5) is 22.7 Å². The van der Waals surface area contributed by atoms with Crippen molar-refractivity contribution in [1.82, 2.24) is 0 Å². The van der Waals surface area contributed by atoms with E-state index in [9.17, 15) is 0 Å². The molecule has 1 fully saturated rings. The maximum atomic E-state index is 4.42. The molecule has 5 heteroatoms. The van der Waals surface area contributed by atoms with Gasteiger partial charge in [0.2, 0.25) is 0 Å². The van der Waals surface area contributed by atoms with Crippen LogP contribution in [0.1, 0.15) is 51.4 Å². The van der Waals surface area contributed by atoms with Gasteiger partial charge in [0.15, 0.2) is 0 Å². The second-order valence-corrected chi connectivity index (χ2v) is 10.0. The fourth-order valence-electron chi connectivity index (χ4n) is 4.12. The number of hydrogen-bond donors (Lipinski definition) is 1. The highest BCUT2D eigenvalue weighted by molar-refractivity contribution is 5.54. The molecule has 0 atom stereocenters. The third-order valence-corrected chi connectivity index (χ3v) is 6.05. The van der Waals surface area contributed by atoms with Crippen LogP contribution in [0.2, 0.25) is 0 Å². The molecule has 2 aromatic rings. The third-order valence-electron chi connectivity index (χ3n) is 6.05. The molecule has 0 aliphatic carbocycles. The average Bonchev–Trinajstić information content (AvgIpc) is 3.07. The molecule has 3 rings (SSSR count). The van der Waals surface area contributed by atoms with Crippen LogP contribution in [0.3, 0.4) is 0 Å². The second-order valence-electron chi connectivity index (χ2n) is 10.0. The van der Waals surface area contributed by atoms with Crippen LogP contribution in [-0.4, -0.2) is 51.8 Å². The first-order valence-electron chi connectivity index (χ1n) is 12.4. The Morgan fingerprint density at radius 1 is 0.719 bits per heavy atom. The Morgan fingerprint density at radius 3 is 1.88 bits per heavy atom. The van der Waals surface area contributed by atoms with Crippen LogP contribution in [0, 0.1) is 0 Å². The third kappa shape index (κ3) is 8.99. The molecule has 1 heterocycles. The molecule has 32 heavy (non-hydrogen) atoms. The van der Waals surface area contributed by atoms with Crippen molar-refractivity contribution in [3.63, 3.8) is 0 Å². The van der Waals surface area contributed by atoms with Gasteiger partial charge in [0.25, 0.3) is 0 Å². The number of hydrogen-bond acceptors (Lipinski definition) is 4. The molecule has 5 nitrogen and oxygen atoms in total. The van der Waals surface area contributed by atoms with Crippen LogP contribution >= 0.6 is 0 Å². The first-order valence-corrected chi connectivity index (χ1v) is 12.4. The number of nitrogens with one attached hydrogen (secondary N) is 1. The Kier molecular flexibility index (Phi) is 9.54. The van der Waals surface area contributed by atoms with Gasteiger partial charge in [0.05, 0.1) is 39.1 Å². The van der Waals surface area contributed by atoms with E-state index >= 15 is 0 Å². The van der Waals surface area contributed by atoms with Crippen LogP contribution < -0.4 is 10.2 Å². The summed E-state index contributed by atoms with van der Waals surface area (Å²) in [6, 6.07) is 16.7. The monoisotopic (exact) mass is 436 g/mol. The first kappa shape index (κ1) is 24.2. The predicted octanol–water partition coefficient (Wildman–Crippen LogP) is 7.16. The molecule has 0 amide bonds. The summed E-state index contributed by atoms with van der Waals surface area (Å²) in [5.74, 6) is 0. The largest absolute Gasteiger partial charge is 0.385 e. The van der Waals surface area contributed by atoms with E-state index in [1.807, 2.05) is 12.1 Å². The number of benzene rings is 2. The number of rotatable bonds is 11. The normalized spacial score (nSPS) is 15.2. The fraction of sp³-hybridized carbons (Fsp3) is 0.556. The molecule has 0 spiro atoms. The molecule has 0 aromatic heterocycles. The molecular formula is C27H42N5+. The lowest BCUT2D eigenvalue weighted by Crippen LogP contribution is -2.35. The van der Waals surface area contributed by atoms with E-state index in [1.54, 1.807) is 0 Å². The van der Waals surface area contributed by atoms with Gasteiger partial charge >= 0.3 is 0 Å². The summed E-state index contributed by atoms with van der Waals surface area (Å²) in [4.78, 5) is 2.49. The summed E-state index contributed by atoms with van der Waals surface area (Å²) in [5, 5.41) is 12.3. The zero-order chi connectivity index (χ0) is 22.7. The van der Waals surface area contributed by atoms with Crippen molar-refractivity contribution < 1.29 is 4.48 Å². The number of azo groups is 1. The zero-order valence-corrected chi connectivity index (χ0v) is 20.4. The zero-order valence-electron chi connectivity index (χ0n) is 20.4. The van der Waals surface area contributed by atoms with Gasteiger partial charge in [-0.2, -0.15) is 10.2 Å². The highest BCUT2D eigenvalue weighted by Crippen LogP contribution is 2.25. The summed E-state index contributed by atoms with van der Waals surface area (Å²) in [5.41, 5.74) is 4.23. The van der Waals surface area contributed by atoms with Crippen molar-refractivity contribution in [2.24, 2.45) is 10.2 Å². The van der Waals surface area contributed by atoms with Gasteiger partial charge in [-0.1, -0.05) is 19.3 Å². The smallest absolute Gasteiger partial charge is 0.0858 e. The minimum Gasteiger partial charge on any atom is -0.385 e. The Balaban J connectivity index is 1.38. The lowest BCUT2D eigenvalue weighted by atomic mass is 10.2. The van der Waals surface area contributed by atoms with Gasteiger partial charge in [0, 0.05) is 31.0 Å². The minimum absolute atomic E-state index is 0.882. The van der Waals surface area contributed by atoms with E-state index < -0.39 is 0 Å². The first-order chi connectivity index (χ1) is 15.5. The van der Waals surface area contributed by atoms with Crippen molar-refractivity contribution in [2.75, 3.05) is 57.5 Å². The Bertz CT molecular complexity index is 797. The molecule has 1 aliphatic rings. The van der Waals surface area contributed by atoms with Crippen molar-refractivity contribution in [3.8, 4) is 0 Å². The molecule has 1 aliphatic heterocycles. The van der Waals surface area contributed by atoms with Gasteiger partial charge in [-0.25, -0.2) is 0 Å². The number of nitrogens with zero attached hydrogens (tertiary/aromatic N) is 4. The maximum Gasteiger partial charge on any atom is 0.0858 e. The summed E-state index contributed by atoms with van der Waals surface area (Å²) in [7, 11) is 6.79. The van der Waals surface area contributed by atoms with E-state index in [4.69, 9.17) is 0 Å². The summed E-state index contributed by atoms with van der Waals surface area (Å²) >= 11 is 0. The highest BCUT2D eigenvalue weighted by atomic mass is 15.3. The Morgan fingerprint density at radius 2 is 1.28 bits per heavy atom. The molecule has 0 radical (unpaired) electrons. The fourth-order valence-corrected chi connectivity index (χ4v) is 4.12. The van der Waals surface area contributed by atoms with E-state index in [2.05, 4.69) is 78.0 Å². The molecular weight excluding hydrogens is 394 g/mol. The predicted molar refractivity (Wildman–Crippen MR) is 138 cm³/mol. The molecule has 0 unspecified atom stereocenters. The molecule has 2 aromatic carbocycles. The summed E-state index contributed by atoms with van der Waals surface area (Å²) < 4.78 is 1.06. The summed E-state index contributed by atoms with van der Waals surface area (Å²) in [6.45, 7) is 4.61. The number of anilines is 2. The minimum atomic E-state index is 0.882. The second kappa shape index (κ2) is 12.6. The quantitative estimate of drug-likeness (QED) is 0.230. The van der Waals surface area contributed by atoms with Gasteiger partial charge < -0.3 is 14.7 Å². The number of quaternary nitrogens is 1. The maximum absolute atomic E-state index is 4.42. The van der Waals surface area contributed by atoms with Crippen molar-refractivity contribution >= 4 is 22.7 Å². The van der Waals surface area contributed by atoms with Crippen LogP contribution in [0.25, 0.3) is 0 Å². The lowest BCUT2D eigenvalue weighted by Gasteiger charge is -2.23. The van der Waals surface area contributed by atoms with E-state index in [1.165, 1.54) is 63.6 Å². The molecule has 0 bridgehead atoms. The SMILES string of the molecule is C[N+](C)(C)CCCCCCNc1ccc(N=Nc2ccc(N3CCCCCC3)cc2)cc1. The van der Waals surface area contributed by atoms with E-state index in [-0.39, 0.29) is 0 Å². The Hall–Kier alpha value is -2.40. The van der Waals surface area contributed by atoms with Crippen molar-refractivity contribution in [3.05, 3.63) is 48.5 Å². The standard InChI is InChI=1S/C27H42N5/c1-32(2,3)23-11-7-4-8-20-28-24-12-14-25(15-13-24)29-30-26-16-18-27(19-17-26)31-21-9-5-6-10-22-31/h12-19,28H,4-11,20-23H2,1-3H3/q+1. The van der Waals surface area contributed by atoms with Gasteiger partial charge in [-0.15, -0.1) is 0 Å². The van der Waals surface area contributed by atoms with Gasteiger partial charge in [-0.3, -0.25) is 0 Å². The highest BCUT2D eigenvalue weighted by Gasteiger charge is 2.09. The average molecular weight is 437 g/mol. The van der Waals surface area contributed by atoms with Crippen LogP contribution in [0.5, 0.6) is 0 Å². The summed E-state index contributed by atoms with van der Waals surface area (Å²) in [6.07, 6.45) is 10.4. The molecule has 1 saturated heterocycles. The van der Waals surface area contributed by atoms with Gasteiger partial charge in [-0.05, 0) is 80.6 Å². The topological polar surface area (TPSA) is 40.0 Å². The van der Waals surface area contributed by atoms with Gasteiger partial charge in [0.1, 0.15) is 0 Å². The molecule has 174 valence electrons. The van der Waals surface area contributed by atoms with Crippen LogP contribution in [0.15, 0.2) is 58.8 Å². The van der Waals surface area contributed by atoms with E-state index in [0.717, 1.165) is 41.2 Å². The van der Waals surface area contributed by atoms with Crippen LogP contribution in [-0.2, 0) is 0 Å². The lowest BCUT2D eigenvalue weighted by molar-refractivity contribution is -0.870. The van der Waals surface area contributed by atoms with Crippen molar-refractivity contribution in [2.45, 2.75) is 51.4 Å². The number of unbranched alkanes of at least 4 members (excludes halogenated alkanes) is 3. The molecule has 1 N–H and O–H groups in total. The van der Waals surface area contributed by atoms with E-state index in [0.29, 0.717) is 0 Å². The Labute approximate surface area is 195 Å². The van der Waals surface area contributed by atoms with Crippen molar-refractivity contribution in [1.29, 1.82) is 0 Å².